The van der Waals surface area contributed by atoms with Gasteiger partial charge in [0.15, 0.2) is 0 Å². The second kappa shape index (κ2) is 10.7. The van der Waals surface area contributed by atoms with E-state index in [0.717, 1.165) is 22.3 Å². The van der Waals surface area contributed by atoms with Gasteiger partial charge >= 0.3 is 11.9 Å². The van der Waals surface area contributed by atoms with Crippen molar-refractivity contribution in [2.75, 3.05) is 14.2 Å². The van der Waals surface area contributed by atoms with Gasteiger partial charge in [0.25, 0.3) is 0 Å². The Bertz CT molecular complexity index is 1320. The Morgan fingerprint density at radius 2 is 1.26 bits per heavy atom. The Morgan fingerprint density at radius 3 is 1.79 bits per heavy atom. The highest BCUT2D eigenvalue weighted by Crippen LogP contribution is 2.42. The highest BCUT2D eigenvalue weighted by molar-refractivity contribution is 5.97. The van der Waals surface area contributed by atoms with E-state index in [9.17, 15) is 9.59 Å². The maximum absolute atomic E-state index is 13.2. The molecule has 0 atom stereocenters. The van der Waals surface area contributed by atoms with Crippen LogP contribution in [0.5, 0.6) is 0 Å². The van der Waals surface area contributed by atoms with Gasteiger partial charge in [0, 0.05) is 25.5 Å². The van der Waals surface area contributed by atoms with Crippen LogP contribution in [0.4, 0.5) is 0 Å². The molecule has 0 radical (unpaired) electrons. The van der Waals surface area contributed by atoms with Crippen molar-refractivity contribution in [1.82, 2.24) is 9.80 Å². The Hall–Kier alpha value is -4.06. The van der Waals surface area contributed by atoms with E-state index in [1.807, 2.05) is 54.9 Å². The molecular formula is C32H36N2O4. The van der Waals surface area contributed by atoms with E-state index in [0.29, 0.717) is 24.2 Å². The first-order valence-electron chi connectivity index (χ1n) is 12.7. The highest BCUT2D eigenvalue weighted by Gasteiger charge is 2.41. The third kappa shape index (κ3) is 5.44. The Morgan fingerprint density at radius 1 is 0.737 bits per heavy atom. The molecule has 2 aromatic carbocycles. The quantitative estimate of drug-likeness (QED) is 0.454. The summed E-state index contributed by atoms with van der Waals surface area (Å²) < 4.78 is 10.3. The smallest absolute Gasteiger partial charge is 0.339 e. The monoisotopic (exact) mass is 512 g/mol. The van der Waals surface area contributed by atoms with E-state index >= 15 is 0 Å². The molecule has 198 valence electrons. The fraction of sp³-hybridized carbons (Fsp3) is 0.312. The van der Waals surface area contributed by atoms with E-state index in [1.54, 1.807) is 0 Å². The lowest BCUT2D eigenvalue weighted by atomic mass is 9.77. The number of ether oxygens (including phenoxy) is 2. The fourth-order valence-electron chi connectivity index (χ4n) is 4.94. The highest BCUT2D eigenvalue weighted by atomic mass is 16.5. The van der Waals surface area contributed by atoms with Crippen LogP contribution in [0.2, 0.25) is 0 Å². The van der Waals surface area contributed by atoms with Crippen LogP contribution in [0.25, 0.3) is 0 Å². The lowest BCUT2D eigenvalue weighted by Crippen LogP contribution is -2.47. The molecule has 0 aromatic heterocycles. The summed E-state index contributed by atoms with van der Waals surface area (Å²) in [5.41, 5.74) is 3.75. The maximum atomic E-state index is 13.2. The fourth-order valence-corrected chi connectivity index (χ4v) is 4.94. The first-order valence-corrected chi connectivity index (χ1v) is 12.7. The van der Waals surface area contributed by atoms with Crippen molar-refractivity contribution in [2.24, 2.45) is 0 Å². The summed E-state index contributed by atoms with van der Waals surface area (Å²) in [6, 6.07) is 20.3. The van der Waals surface area contributed by atoms with Crippen LogP contribution in [-0.2, 0) is 32.2 Å². The van der Waals surface area contributed by atoms with Gasteiger partial charge in [-0.15, -0.1) is 0 Å². The van der Waals surface area contributed by atoms with E-state index in [-0.39, 0.29) is 0 Å². The predicted molar refractivity (Wildman–Crippen MR) is 148 cm³/mol. The molecule has 0 aliphatic carbocycles. The molecule has 2 heterocycles. The molecular weight excluding hydrogens is 476 g/mol. The second-order valence-corrected chi connectivity index (χ2v) is 10.7. The summed E-state index contributed by atoms with van der Waals surface area (Å²) >= 11 is 0. The van der Waals surface area contributed by atoms with Crippen molar-refractivity contribution < 1.29 is 19.1 Å². The minimum absolute atomic E-state index is 0.420. The number of hydrogen-bond donors (Lipinski definition) is 0. The van der Waals surface area contributed by atoms with Crippen LogP contribution < -0.4 is 0 Å². The summed E-state index contributed by atoms with van der Waals surface area (Å²) in [4.78, 5) is 30.2. The molecule has 0 unspecified atom stereocenters. The van der Waals surface area contributed by atoms with Crippen LogP contribution in [0.3, 0.4) is 0 Å². The number of nitrogens with zero attached hydrogens (tertiary/aromatic N) is 2. The molecule has 2 aromatic rings. The number of methoxy groups -OCH3 is 2. The predicted octanol–water partition coefficient (Wildman–Crippen LogP) is 5.54. The standard InChI is InChI=1S/C32H36N2O4/c1-31(2)18-26(27(30(36)38-6)22-33(31)19-23-13-9-7-10-14-23)28-17-25(29(35)37-5)21-34(32(28,3)4)20-24-15-11-8-12-16-24/h7-18,21-22H,19-20H2,1-6H3. The molecule has 0 bridgehead atoms. The van der Waals surface area contributed by atoms with Gasteiger partial charge in [-0.2, -0.15) is 0 Å². The zero-order chi connectivity index (χ0) is 27.5. The molecule has 0 amide bonds. The molecule has 4 rings (SSSR count). The van der Waals surface area contributed by atoms with Gasteiger partial charge in [-0.1, -0.05) is 66.7 Å². The molecule has 0 saturated carbocycles. The number of carbonyl (C=O) groups is 2. The van der Waals surface area contributed by atoms with Crippen LogP contribution >= 0.6 is 0 Å². The van der Waals surface area contributed by atoms with Gasteiger partial charge < -0.3 is 19.3 Å². The van der Waals surface area contributed by atoms with Crippen molar-refractivity contribution in [2.45, 2.75) is 51.9 Å². The maximum Gasteiger partial charge on any atom is 0.339 e. The average Bonchev–Trinajstić information content (AvgIpc) is 2.91. The van der Waals surface area contributed by atoms with E-state index < -0.39 is 23.0 Å². The summed E-state index contributed by atoms with van der Waals surface area (Å²) in [5.74, 6) is -0.855. The van der Waals surface area contributed by atoms with Gasteiger partial charge in [-0.3, -0.25) is 0 Å². The first kappa shape index (κ1) is 27.0. The summed E-state index contributed by atoms with van der Waals surface area (Å²) in [5, 5.41) is 0. The number of carbonyl (C=O) groups excluding carboxylic acids is 2. The summed E-state index contributed by atoms with van der Waals surface area (Å²) in [7, 11) is 2.77. The van der Waals surface area contributed by atoms with Crippen molar-refractivity contribution in [3.63, 3.8) is 0 Å². The van der Waals surface area contributed by atoms with Crippen LogP contribution in [-0.4, -0.2) is 47.0 Å². The van der Waals surface area contributed by atoms with Crippen molar-refractivity contribution in [3.05, 3.63) is 119 Å². The van der Waals surface area contributed by atoms with E-state index in [4.69, 9.17) is 9.47 Å². The SMILES string of the molecule is COC(=O)C1=CN(Cc2ccccc2)C(C)(C)C(C2=CC(C)(C)N(Cc3ccccc3)C=C2C(=O)OC)=C1. The van der Waals surface area contributed by atoms with Crippen molar-refractivity contribution >= 4 is 11.9 Å². The van der Waals surface area contributed by atoms with E-state index in [2.05, 4.69) is 67.8 Å². The van der Waals surface area contributed by atoms with Crippen molar-refractivity contribution in [3.8, 4) is 0 Å². The molecule has 0 N–H and O–H groups in total. The van der Waals surface area contributed by atoms with Gasteiger partial charge in [-0.25, -0.2) is 9.59 Å². The minimum atomic E-state index is -0.552. The Labute approximate surface area is 225 Å². The molecule has 2 aliphatic rings. The second-order valence-electron chi connectivity index (χ2n) is 10.7. The third-order valence-electron chi connectivity index (χ3n) is 7.29. The van der Waals surface area contributed by atoms with Gasteiger partial charge in [-0.05, 0) is 56.0 Å². The van der Waals surface area contributed by atoms with Crippen molar-refractivity contribution in [1.29, 1.82) is 0 Å². The molecule has 2 aliphatic heterocycles. The lowest BCUT2D eigenvalue weighted by Gasteiger charge is -2.46. The molecule has 0 saturated heterocycles. The topological polar surface area (TPSA) is 59.1 Å². The van der Waals surface area contributed by atoms with E-state index in [1.165, 1.54) is 14.2 Å². The largest absolute Gasteiger partial charge is 0.465 e. The molecule has 0 spiro atoms. The molecule has 0 fully saturated rings. The van der Waals surface area contributed by atoms with Gasteiger partial charge in [0.1, 0.15) is 0 Å². The molecule has 6 heteroatoms. The third-order valence-corrected chi connectivity index (χ3v) is 7.29. The van der Waals surface area contributed by atoms with Crippen LogP contribution in [0.15, 0.2) is 108 Å². The average molecular weight is 513 g/mol. The number of hydrogen-bond acceptors (Lipinski definition) is 6. The zero-order valence-corrected chi connectivity index (χ0v) is 23.0. The number of rotatable bonds is 7. The first-order chi connectivity index (χ1) is 18.1. The van der Waals surface area contributed by atoms with Gasteiger partial charge in [0.05, 0.1) is 36.4 Å². The summed E-state index contributed by atoms with van der Waals surface area (Å²) in [6.07, 6.45) is 7.69. The zero-order valence-electron chi connectivity index (χ0n) is 23.0. The molecule has 6 nitrogen and oxygen atoms in total. The van der Waals surface area contributed by atoms with Crippen LogP contribution in [0.1, 0.15) is 38.8 Å². The Balaban J connectivity index is 1.81. The van der Waals surface area contributed by atoms with Gasteiger partial charge in [0.2, 0.25) is 0 Å². The Kier molecular flexibility index (Phi) is 7.63. The number of esters is 2. The minimum Gasteiger partial charge on any atom is -0.465 e. The molecule has 38 heavy (non-hydrogen) atoms. The lowest BCUT2D eigenvalue weighted by molar-refractivity contribution is -0.136. The summed E-state index contributed by atoms with van der Waals surface area (Å²) in [6.45, 7) is 9.66. The van der Waals surface area contributed by atoms with Crippen LogP contribution in [0, 0.1) is 0 Å². The normalized spacial score (nSPS) is 18.1. The number of benzene rings is 2.